The Balaban J connectivity index is 1.56. The molecule has 0 saturated heterocycles. The number of rotatable bonds is 9. The summed E-state index contributed by atoms with van der Waals surface area (Å²) in [5, 5.41) is 11.9. The maximum Gasteiger partial charge on any atom is 0.407 e. The van der Waals surface area contributed by atoms with Gasteiger partial charge in [0.2, 0.25) is 5.91 Å². The van der Waals surface area contributed by atoms with E-state index in [1.54, 1.807) is 4.90 Å². The number of benzene rings is 2. The highest BCUT2D eigenvalue weighted by Crippen LogP contribution is 2.44. The van der Waals surface area contributed by atoms with Crippen LogP contribution in [0.15, 0.2) is 48.5 Å². The van der Waals surface area contributed by atoms with Gasteiger partial charge in [0.1, 0.15) is 6.61 Å². The molecule has 0 heterocycles. The number of alkyl carbamates (subject to hydrolysis) is 1. The van der Waals surface area contributed by atoms with Crippen LogP contribution in [0.1, 0.15) is 70.9 Å². The molecule has 0 radical (unpaired) electrons. The van der Waals surface area contributed by atoms with E-state index >= 15 is 0 Å². The standard InChI is InChI=1S/C28H36N2O5/c1-27(2,3)30(17-15-25(32)33)24(31)14-16-28(4,5)29-26(34)35-18-23-21-12-8-6-10-19(21)20-11-7-9-13-22(20)23/h6-13,23H,14-18H2,1-5H3,(H,29,34)(H,32,33). The summed E-state index contributed by atoms with van der Waals surface area (Å²) in [5.74, 6) is -1.10. The Bertz CT molecular complexity index is 1040. The summed E-state index contributed by atoms with van der Waals surface area (Å²) in [7, 11) is 0. The smallest absolute Gasteiger partial charge is 0.407 e. The topological polar surface area (TPSA) is 95.9 Å². The van der Waals surface area contributed by atoms with Crippen molar-refractivity contribution in [3.8, 4) is 11.1 Å². The number of ether oxygens (including phenoxy) is 1. The summed E-state index contributed by atoms with van der Waals surface area (Å²) in [6, 6.07) is 16.3. The Morgan fingerprint density at radius 2 is 1.46 bits per heavy atom. The van der Waals surface area contributed by atoms with E-state index in [2.05, 4.69) is 29.6 Å². The average Bonchev–Trinajstić information content (AvgIpc) is 3.09. The van der Waals surface area contributed by atoms with Crippen LogP contribution in [-0.2, 0) is 14.3 Å². The normalized spacial score (nSPS) is 13.1. The zero-order chi connectivity index (χ0) is 25.8. The van der Waals surface area contributed by atoms with Gasteiger partial charge >= 0.3 is 12.1 Å². The van der Waals surface area contributed by atoms with Crippen LogP contribution in [0.5, 0.6) is 0 Å². The van der Waals surface area contributed by atoms with Gasteiger partial charge < -0.3 is 20.1 Å². The molecule has 0 atom stereocenters. The predicted molar refractivity (Wildman–Crippen MR) is 135 cm³/mol. The van der Waals surface area contributed by atoms with E-state index in [0.717, 1.165) is 11.1 Å². The van der Waals surface area contributed by atoms with Gasteiger partial charge in [-0.05, 0) is 63.3 Å². The molecule has 3 rings (SSSR count). The summed E-state index contributed by atoms with van der Waals surface area (Å²) < 4.78 is 5.64. The number of hydrogen-bond acceptors (Lipinski definition) is 4. The van der Waals surface area contributed by atoms with Crippen LogP contribution in [0, 0.1) is 0 Å². The van der Waals surface area contributed by atoms with E-state index in [0.29, 0.717) is 6.42 Å². The Labute approximate surface area is 207 Å². The van der Waals surface area contributed by atoms with Gasteiger partial charge in [0.25, 0.3) is 0 Å². The van der Waals surface area contributed by atoms with Crippen LogP contribution in [-0.4, -0.2) is 52.2 Å². The van der Waals surface area contributed by atoms with Gasteiger partial charge in [-0.25, -0.2) is 4.79 Å². The van der Waals surface area contributed by atoms with Crippen molar-refractivity contribution in [1.82, 2.24) is 10.2 Å². The van der Waals surface area contributed by atoms with Crippen molar-refractivity contribution in [2.45, 2.75) is 70.9 Å². The quantitative estimate of drug-likeness (QED) is 0.515. The van der Waals surface area contributed by atoms with Crippen molar-refractivity contribution >= 4 is 18.0 Å². The Hall–Kier alpha value is -3.35. The number of carbonyl (C=O) groups is 3. The summed E-state index contributed by atoms with van der Waals surface area (Å²) in [6.45, 7) is 9.72. The van der Waals surface area contributed by atoms with E-state index in [1.165, 1.54) is 11.1 Å². The van der Waals surface area contributed by atoms with Crippen LogP contribution in [0.4, 0.5) is 4.79 Å². The van der Waals surface area contributed by atoms with Crippen LogP contribution in [0.25, 0.3) is 11.1 Å². The van der Waals surface area contributed by atoms with Crippen molar-refractivity contribution in [2.24, 2.45) is 0 Å². The number of fused-ring (bicyclic) bond motifs is 3. The number of carbonyl (C=O) groups excluding carboxylic acids is 2. The van der Waals surface area contributed by atoms with E-state index in [-0.39, 0.29) is 37.8 Å². The lowest BCUT2D eigenvalue weighted by molar-refractivity contribution is -0.140. The molecule has 7 heteroatoms. The first-order valence-electron chi connectivity index (χ1n) is 12.0. The largest absolute Gasteiger partial charge is 0.481 e. The zero-order valence-electron chi connectivity index (χ0n) is 21.3. The van der Waals surface area contributed by atoms with Gasteiger partial charge in [0, 0.05) is 30.0 Å². The number of carboxylic acid groups (broad SMARTS) is 1. The van der Waals surface area contributed by atoms with Crippen LogP contribution < -0.4 is 5.32 Å². The second-order valence-electron chi connectivity index (χ2n) is 10.7. The number of aliphatic carboxylic acids is 1. The second-order valence-corrected chi connectivity index (χ2v) is 10.7. The lowest BCUT2D eigenvalue weighted by Gasteiger charge is -2.36. The summed E-state index contributed by atoms with van der Waals surface area (Å²) in [6.07, 6.45) is -0.0453. The predicted octanol–water partition coefficient (Wildman–Crippen LogP) is 5.19. The number of hydrogen-bond donors (Lipinski definition) is 2. The van der Waals surface area contributed by atoms with Gasteiger partial charge in [-0.15, -0.1) is 0 Å². The molecule has 2 N–H and O–H groups in total. The lowest BCUT2D eigenvalue weighted by Crippen LogP contribution is -2.48. The van der Waals surface area contributed by atoms with E-state index in [4.69, 9.17) is 9.84 Å². The van der Waals surface area contributed by atoms with Crippen LogP contribution in [0.2, 0.25) is 0 Å². The van der Waals surface area contributed by atoms with Crippen LogP contribution in [0.3, 0.4) is 0 Å². The third-order valence-corrected chi connectivity index (χ3v) is 6.41. The fourth-order valence-corrected chi connectivity index (χ4v) is 4.57. The third-order valence-electron chi connectivity index (χ3n) is 6.41. The molecule has 2 aromatic rings. The van der Waals surface area contributed by atoms with Crippen molar-refractivity contribution in [2.75, 3.05) is 13.2 Å². The monoisotopic (exact) mass is 480 g/mol. The molecular weight excluding hydrogens is 444 g/mol. The SMILES string of the molecule is CC(C)(CCC(=O)N(CCC(=O)O)C(C)(C)C)NC(=O)OCC1c2ccccc2-c2ccccc21. The minimum atomic E-state index is -0.940. The first-order chi connectivity index (χ1) is 16.4. The van der Waals surface area contributed by atoms with Gasteiger partial charge in [-0.3, -0.25) is 9.59 Å². The third kappa shape index (κ3) is 6.62. The number of nitrogens with zero attached hydrogens (tertiary/aromatic N) is 1. The van der Waals surface area contributed by atoms with Crippen LogP contribution >= 0.6 is 0 Å². The minimum absolute atomic E-state index is 0.0209. The Morgan fingerprint density at radius 3 is 1.97 bits per heavy atom. The zero-order valence-corrected chi connectivity index (χ0v) is 21.3. The fraction of sp³-hybridized carbons (Fsp3) is 0.464. The first kappa shape index (κ1) is 26.3. The van der Waals surface area contributed by atoms with Gasteiger partial charge in [0.05, 0.1) is 6.42 Å². The summed E-state index contributed by atoms with van der Waals surface area (Å²) in [5.41, 5.74) is 3.47. The Kier molecular flexibility index (Phi) is 7.88. The maximum atomic E-state index is 12.9. The second kappa shape index (κ2) is 10.5. The molecule has 0 bridgehead atoms. The molecule has 0 saturated carbocycles. The highest BCUT2D eigenvalue weighted by atomic mass is 16.5. The molecule has 1 aliphatic rings. The summed E-state index contributed by atoms with van der Waals surface area (Å²) in [4.78, 5) is 38.1. The van der Waals surface area contributed by atoms with Crippen molar-refractivity contribution in [3.63, 3.8) is 0 Å². The lowest BCUT2D eigenvalue weighted by atomic mass is 9.96. The molecule has 0 aromatic heterocycles. The molecule has 0 aliphatic heterocycles. The maximum absolute atomic E-state index is 12.9. The summed E-state index contributed by atoms with van der Waals surface area (Å²) >= 11 is 0. The van der Waals surface area contributed by atoms with E-state index in [1.807, 2.05) is 58.9 Å². The van der Waals surface area contributed by atoms with Crippen molar-refractivity contribution in [3.05, 3.63) is 59.7 Å². The molecule has 188 valence electrons. The highest BCUT2D eigenvalue weighted by molar-refractivity contribution is 5.79. The number of nitrogens with one attached hydrogen (secondary N) is 1. The highest BCUT2D eigenvalue weighted by Gasteiger charge is 2.31. The molecule has 7 nitrogen and oxygen atoms in total. The van der Waals surface area contributed by atoms with Gasteiger partial charge in [-0.2, -0.15) is 0 Å². The molecule has 0 spiro atoms. The molecular formula is C28H36N2O5. The fourth-order valence-electron chi connectivity index (χ4n) is 4.57. The molecule has 2 amide bonds. The average molecular weight is 481 g/mol. The number of carboxylic acids is 1. The molecule has 0 unspecified atom stereocenters. The van der Waals surface area contributed by atoms with Crippen molar-refractivity contribution in [1.29, 1.82) is 0 Å². The number of amides is 2. The molecule has 35 heavy (non-hydrogen) atoms. The van der Waals surface area contributed by atoms with E-state index < -0.39 is 23.1 Å². The Morgan fingerprint density at radius 1 is 0.914 bits per heavy atom. The first-order valence-corrected chi connectivity index (χ1v) is 12.0. The molecule has 1 aliphatic carbocycles. The minimum Gasteiger partial charge on any atom is -0.481 e. The van der Waals surface area contributed by atoms with Gasteiger partial charge in [0.15, 0.2) is 0 Å². The van der Waals surface area contributed by atoms with Gasteiger partial charge in [-0.1, -0.05) is 48.5 Å². The molecule has 0 fully saturated rings. The van der Waals surface area contributed by atoms with E-state index in [9.17, 15) is 14.4 Å². The molecule has 2 aromatic carbocycles. The van der Waals surface area contributed by atoms with Crippen molar-refractivity contribution < 1.29 is 24.2 Å².